The van der Waals surface area contributed by atoms with Gasteiger partial charge in [-0.2, -0.15) is 10.5 Å². The largest absolute Gasteiger partial charge is 0.491 e. The van der Waals surface area contributed by atoms with Crippen molar-refractivity contribution < 1.29 is 4.74 Å². The molecule has 1 rings (SSSR count). The summed E-state index contributed by atoms with van der Waals surface area (Å²) < 4.78 is 5.54. The Kier molecular flexibility index (Phi) is 5.78. The van der Waals surface area contributed by atoms with Gasteiger partial charge in [0.15, 0.2) is 5.57 Å². The summed E-state index contributed by atoms with van der Waals surface area (Å²) in [5.74, 6) is 0.788. The minimum atomic E-state index is 0.0787. The van der Waals surface area contributed by atoms with E-state index in [2.05, 4.69) is 5.32 Å². The Morgan fingerprint density at radius 2 is 1.79 bits per heavy atom. The third-order valence-corrected chi connectivity index (χ3v) is 2.85. The summed E-state index contributed by atoms with van der Waals surface area (Å²) in [7, 11) is 0. The molecule has 0 unspecified atom stereocenters. The molecule has 5 heteroatoms. The Hall–Kier alpha value is -2.11. The molecule has 98 valence electrons. The normalized spacial score (nSPS) is 9.37. The van der Waals surface area contributed by atoms with Gasteiger partial charge in [0.05, 0.1) is 6.10 Å². The standard InChI is InChI=1S/C14H15N3OS/c1-10(2)18-13-6-4-12(5-7-13)17-14(19-3)11(8-15)9-16/h4-7,10,17H,1-3H3. The molecule has 0 radical (unpaired) electrons. The smallest absolute Gasteiger partial charge is 0.159 e. The van der Waals surface area contributed by atoms with Crippen molar-refractivity contribution in [2.24, 2.45) is 0 Å². The molecule has 0 saturated heterocycles. The molecule has 0 amide bonds. The number of nitrogens with one attached hydrogen (secondary N) is 1. The Morgan fingerprint density at radius 3 is 2.21 bits per heavy atom. The number of ether oxygens (including phenoxy) is 1. The second kappa shape index (κ2) is 7.35. The zero-order chi connectivity index (χ0) is 14.3. The fourth-order valence-electron chi connectivity index (χ4n) is 1.36. The molecule has 0 aliphatic heterocycles. The van der Waals surface area contributed by atoms with Crippen molar-refractivity contribution in [3.63, 3.8) is 0 Å². The van der Waals surface area contributed by atoms with Gasteiger partial charge in [-0.3, -0.25) is 0 Å². The Labute approximate surface area is 117 Å². The van der Waals surface area contributed by atoms with Gasteiger partial charge in [-0.1, -0.05) is 0 Å². The molecular weight excluding hydrogens is 258 g/mol. The summed E-state index contributed by atoms with van der Waals surface area (Å²) in [6.07, 6.45) is 1.94. The number of benzene rings is 1. The van der Waals surface area contributed by atoms with Crippen molar-refractivity contribution in [1.29, 1.82) is 10.5 Å². The van der Waals surface area contributed by atoms with Crippen LogP contribution in [0.1, 0.15) is 13.8 Å². The van der Waals surface area contributed by atoms with Gasteiger partial charge < -0.3 is 10.1 Å². The van der Waals surface area contributed by atoms with Crippen LogP contribution in [0.5, 0.6) is 5.75 Å². The molecule has 1 N–H and O–H groups in total. The van der Waals surface area contributed by atoms with Crippen LogP contribution in [0, 0.1) is 22.7 Å². The number of hydrogen-bond acceptors (Lipinski definition) is 5. The number of thioether (sulfide) groups is 1. The van der Waals surface area contributed by atoms with Gasteiger partial charge in [-0.15, -0.1) is 11.8 Å². The van der Waals surface area contributed by atoms with Crippen molar-refractivity contribution in [1.82, 2.24) is 0 Å². The van der Waals surface area contributed by atoms with Gasteiger partial charge >= 0.3 is 0 Å². The van der Waals surface area contributed by atoms with Gasteiger partial charge in [-0.05, 0) is 44.4 Å². The Bertz CT molecular complexity index is 519. The molecule has 0 fully saturated rings. The zero-order valence-electron chi connectivity index (χ0n) is 11.1. The molecule has 0 aliphatic carbocycles. The van der Waals surface area contributed by atoms with E-state index in [-0.39, 0.29) is 11.7 Å². The lowest BCUT2D eigenvalue weighted by molar-refractivity contribution is 0.242. The summed E-state index contributed by atoms with van der Waals surface area (Å²) in [6.45, 7) is 3.93. The van der Waals surface area contributed by atoms with Gasteiger partial charge in [0.25, 0.3) is 0 Å². The molecular formula is C14H15N3OS. The molecule has 0 heterocycles. The van der Waals surface area contributed by atoms with Crippen LogP contribution in [0.25, 0.3) is 0 Å². The van der Waals surface area contributed by atoms with Crippen molar-refractivity contribution in [2.45, 2.75) is 20.0 Å². The zero-order valence-corrected chi connectivity index (χ0v) is 11.9. The molecule has 0 bridgehead atoms. The summed E-state index contributed by atoms with van der Waals surface area (Å²) in [5.41, 5.74) is 0.887. The number of nitriles is 2. The first-order valence-corrected chi connectivity index (χ1v) is 6.95. The van der Waals surface area contributed by atoms with Crippen LogP contribution < -0.4 is 10.1 Å². The van der Waals surface area contributed by atoms with Gasteiger partial charge in [0, 0.05) is 5.69 Å². The molecule has 0 spiro atoms. The number of nitrogens with zero attached hydrogens (tertiary/aromatic N) is 2. The predicted octanol–water partition coefficient (Wildman–Crippen LogP) is 3.51. The monoisotopic (exact) mass is 273 g/mol. The fraction of sp³-hybridized carbons (Fsp3) is 0.286. The van der Waals surface area contributed by atoms with Gasteiger partial charge in [0.2, 0.25) is 0 Å². The Morgan fingerprint density at radius 1 is 1.21 bits per heavy atom. The van der Waals surface area contributed by atoms with Crippen molar-refractivity contribution in [3.05, 3.63) is 34.9 Å². The Balaban J connectivity index is 2.86. The molecule has 19 heavy (non-hydrogen) atoms. The van der Waals surface area contributed by atoms with E-state index in [9.17, 15) is 0 Å². The molecule has 0 aliphatic rings. The second-order valence-electron chi connectivity index (χ2n) is 3.95. The summed E-state index contributed by atoms with van der Waals surface area (Å²) in [6, 6.07) is 11.1. The van der Waals surface area contributed by atoms with Gasteiger partial charge in [0.1, 0.15) is 22.9 Å². The number of allylic oxidation sites excluding steroid dienone is 1. The third-order valence-electron chi connectivity index (χ3n) is 2.14. The van der Waals surface area contributed by atoms with Crippen LogP contribution in [-0.2, 0) is 0 Å². The summed E-state index contributed by atoms with van der Waals surface area (Å²) in [4.78, 5) is 0. The minimum Gasteiger partial charge on any atom is -0.491 e. The maximum Gasteiger partial charge on any atom is 0.159 e. The lowest BCUT2D eigenvalue weighted by atomic mass is 10.3. The highest BCUT2D eigenvalue weighted by atomic mass is 32.2. The van der Waals surface area contributed by atoms with Crippen molar-refractivity contribution >= 4 is 17.4 Å². The van der Waals surface area contributed by atoms with E-state index in [1.54, 1.807) is 0 Å². The average Bonchev–Trinajstić information content (AvgIpc) is 2.40. The molecule has 0 aromatic heterocycles. The first-order valence-electron chi connectivity index (χ1n) is 5.73. The van der Waals surface area contributed by atoms with Crippen LogP contribution in [0.3, 0.4) is 0 Å². The average molecular weight is 273 g/mol. The van der Waals surface area contributed by atoms with Crippen LogP contribution in [0.4, 0.5) is 5.69 Å². The van der Waals surface area contributed by atoms with Crippen LogP contribution in [0.15, 0.2) is 34.9 Å². The maximum atomic E-state index is 8.85. The quantitative estimate of drug-likeness (QED) is 0.831. The van der Waals surface area contributed by atoms with E-state index in [0.29, 0.717) is 5.03 Å². The van der Waals surface area contributed by atoms with Crippen molar-refractivity contribution in [3.8, 4) is 17.9 Å². The summed E-state index contributed by atoms with van der Waals surface area (Å²) >= 11 is 1.33. The number of hydrogen-bond donors (Lipinski definition) is 1. The van der Waals surface area contributed by atoms with E-state index in [4.69, 9.17) is 15.3 Å². The molecule has 0 saturated carbocycles. The second-order valence-corrected chi connectivity index (χ2v) is 4.76. The minimum absolute atomic E-state index is 0.0787. The van der Waals surface area contributed by atoms with Crippen LogP contribution in [0.2, 0.25) is 0 Å². The lowest BCUT2D eigenvalue weighted by Crippen LogP contribution is -2.05. The third kappa shape index (κ3) is 4.57. The maximum absolute atomic E-state index is 8.85. The summed E-state index contributed by atoms with van der Waals surface area (Å²) in [5, 5.41) is 21.3. The van der Waals surface area contributed by atoms with E-state index in [1.165, 1.54) is 11.8 Å². The molecule has 1 aromatic rings. The van der Waals surface area contributed by atoms with Crippen molar-refractivity contribution in [2.75, 3.05) is 11.6 Å². The van der Waals surface area contributed by atoms with Gasteiger partial charge in [-0.25, -0.2) is 0 Å². The SMILES string of the molecule is CSC(Nc1ccc(OC(C)C)cc1)=C(C#N)C#N. The molecule has 4 nitrogen and oxygen atoms in total. The van der Waals surface area contributed by atoms with E-state index in [1.807, 2.05) is 56.5 Å². The highest BCUT2D eigenvalue weighted by molar-refractivity contribution is 8.02. The molecule has 1 aromatic carbocycles. The van der Waals surface area contributed by atoms with Crippen LogP contribution >= 0.6 is 11.8 Å². The first kappa shape index (κ1) is 14.9. The molecule has 0 atom stereocenters. The number of rotatable bonds is 5. The topological polar surface area (TPSA) is 68.8 Å². The predicted molar refractivity (Wildman–Crippen MR) is 77.6 cm³/mol. The fourth-order valence-corrected chi connectivity index (χ4v) is 1.88. The highest BCUT2D eigenvalue weighted by Crippen LogP contribution is 2.22. The van der Waals surface area contributed by atoms with E-state index >= 15 is 0 Å². The van der Waals surface area contributed by atoms with Crippen LogP contribution in [-0.4, -0.2) is 12.4 Å². The first-order chi connectivity index (χ1) is 9.10. The lowest BCUT2D eigenvalue weighted by Gasteiger charge is -2.12. The van der Waals surface area contributed by atoms with E-state index in [0.717, 1.165) is 11.4 Å². The highest BCUT2D eigenvalue weighted by Gasteiger charge is 2.06. The van der Waals surface area contributed by atoms with E-state index < -0.39 is 0 Å². The number of anilines is 1.